The standard InChI is InChI=1S/C13H5Cl2F13O/c14-11(24,25)12(15,26)29-13(27,28)10(22,23)9(20,21)8(18,19)7(16,17)6-4-2-1-3-5-6/h1-5H/t12-/m0/s1. The number of ether oxygens (including phenoxy) is 1. The fraction of sp³-hybridized carbons (Fsp3) is 0.538. The van der Waals surface area contributed by atoms with Gasteiger partial charge in [0, 0.05) is 5.56 Å². The summed E-state index contributed by atoms with van der Waals surface area (Å²) in [5, 5.41) is -11.6. The van der Waals surface area contributed by atoms with E-state index in [-0.39, 0.29) is 12.1 Å². The maximum Gasteiger partial charge on any atom is 0.429 e. The van der Waals surface area contributed by atoms with E-state index in [1.807, 2.05) is 4.74 Å². The normalized spacial score (nSPS) is 17.2. The van der Waals surface area contributed by atoms with Crippen LogP contribution in [0.25, 0.3) is 0 Å². The van der Waals surface area contributed by atoms with Crippen molar-refractivity contribution in [2.45, 2.75) is 40.5 Å². The van der Waals surface area contributed by atoms with Crippen molar-refractivity contribution in [3.63, 3.8) is 0 Å². The van der Waals surface area contributed by atoms with Crippen molar-refractivity contribution in [1.29, 1.82) is 0 Å². The van der Waals surface area contributed by atoms with Crippen LogP contribution < -0.4 is 0 Å². The Balaban J connectivity index is 3.47. The van der Waals surface area contributed by atoms with E-state index < -0.39 is 46.1 Å². The van der Waals surface area contributed by atoms with Crippen molar-refractivity contribution in [2.24, 2.45) is 0 Å². The largest absolute Gasteiger partial charge is 0.429 e. The van der Waals surface area contributed by atoms with E-state index in [1.165, 1.54) is 0 Å². The minimum absolute atomic E-state index is 0.0795. The molecule has 0 aromatic heterocycles. The van der Waals surface area contributed by atoms with Gasteiger partial charge < -0.3 is 0 Å². The van der Waals surface area contributed by atoms with E-state index in [9.17, 15) is 57.1 Å². The number of rotatable bonds is 8. The minimum Gasteiger partial charge on any atom is -0.258 e. The predicted molar refractivity (Wildman–Crippen MR) is 71.7 cm³/mol. The Morgan fingerprint density at radius 2 is 1.00 bits per heavy atom. The van der Waals surface area contributed by atoms with E-state index >= 15 is 0 Å². The fourth-order valence-electron chi connectivity index (χ4n) is 1.69. The maximum absolute atomic E-state index is 13.8. The van der Waals surface area contributed by atoms with Gasteiger partial charge >= 0.3 is 40.5 Å². The second-order valence-corrected chi connectivity index (χ2v) is 6.26. The van der Waals surface area contributed by atoms with Crippen LogP contribution in [0.2, 0.25) is 0 Å². The molecule has 0 fully saturated rings. The molecule has 0 aliphatic heterocycles. The summed E-state index contributed by atoms with van der Waals surface area (Å²) >= 11 is 7.83. The van der Waals surface area contributed by atoms with Crippen molar-refractivity contribution in [2.75, 3.05) is 0 Å². The van der Waals surface area contributed by atoms with Gasteiger partial charge in [-0.25, -0.2) is 0 Å². The molecule has 168 valence electrons. The highest BCUT2D eigenvalue weighted by Crippen LogP contribution is 2.61. The van der Waals surface area contributed by atoms with E-state index in [0.29, 0.717) is 12.1 Å². The summed E-state index contributed by atoms with van der Waals surface area (Å²) in [6.07, 6.45) is -7.28. The van der Waals surface area contributed by atoms with Crippen LogP contribution in [0, 0.1) is 0 Å². The highest BCUT2D eigenvalue weighted by Gasteiger charge is 2.88. The minimum atomic E-state index is -7.70. The van der Waals surface area contributed by atoms with Crippen molar-refractivity contribution < 1.29 is 61.8 Å². The molecule has 0 amide bonds. The summed E-state index contributed by atoms with van der Waals surface area (Å²) < 4.78 is 176. The lowest BCUT2D eigenvalue weighted by atomic mass is 9.93. The topological polar surface area (TPSA) is 9.23 Å². The SMILES string of the molecule is FC(F)(O[C@](F)(Cl)C(F)(F)Cl)C(F)(F)C(F)(F)C(F)(F)C(F)(F)c1ccccc1. The Kier molecular flexibility index (Phi) is 6.44. The molecule has 0 N–H and O–H groups in total. The molecule has 1 nitrogen and oxygen atoms in total. The van der Waals surface area contributed by atoms with E-state index in [2.05, 4.69) is 23.2 Å². The molecular formula is C13H5Cl2F13O. The zero-order valence-corrected chi connectivity index (χ0v) is 14.5. The Hall–Kier alpha value is -1.15. The molecule has 1 atom stereocenters. The van der Waals surface area contributed by atoms with Crippen molar-refractivity contribution in [3.8, 4) is 0 Å². The van der Waals surface area contributed by atoms with Gasteiger partial charge in [0.25, 0.3) is 0 Å². The Bertz CT molecular complexity index is 715. The number of hydrogen-bond donors (Lipinski definition) is 0. The Morgan fingerprint density at radius 1 is 0.586 bits per heavy atom. The molecule has 29 heavy (non-hydrogen) atoms. The lowest BCUT2D eigenvalue weighted by molar-refractivity contribution is -0.468. The van der Waals surface area contributed by atoms with Crippen LogP contribution in [-0.2, 0) is 10.7 Å². The van der Waals surface area contributed by atoms with E-state index in [1.54, 1.807) is 0 Å². The first-order valence-electron chi connectivity index (χ1n) is 6.65. The van der Waals surface area contributed by atoms with Gasteiger partial charge in [-0.15, -0.1) is 0 Å². The summed E-state index contributed by atoms with van der Waals surface area (Å²) in [7, 11) is 0. The average Bonchev–Trinajstić information content (AvgIpc) is 2.52. The molecule has 0 aliphatic carbocycles. The lowest BCUT2D eigenvalue weighted by Gasteiger charge is -2.40. The number of benzene rings is 1. The first-order valence-corrected chi connectivity index (χ1v) is 7.41. The molecule has 1 rings (SSSR count). The number of alkyl halides is 15. The van der Waals surface area contributed by atoms with Gasteiger partial charge in [0.2, 0.25) is 0 Å². The van der Waals surface area contributed by atoms with Gasteiger partial charge in [0.05, 0.1) is 0 Å². The lowest BCUT2D eigenvalue weighted by Crippen LogP contribution is -2.68. The summed E-state index contributed by atoms with van der Waals surface area (Å²) in [4.78, 5) is 0. The fourth-order valence-corrected chi connectivity index (χ4v) is 1.82. The molecule has 16 heteroatoms. The van der Waals surface area contributed by atoms with Gasteiger partial charge in [0.15, 0.2) is 0 Å². The molecule has 0 radical (unpaired) electrons. The van der Waals surface area contributed by atoms with Crippen LogP contribution in [0.4, 0.5) is 57.1 Å². The first-order chi connectivity index (χ1) is 12.6. The quantitative estimate of drug-likeness (QED) is 0.279. The molecular weight excluding hydrogens is 490 g/mol. The molecule has 0 saturated carbocycles. The second-order valence-electron chi connectivity index (χ2n) is 5.30. The van der Waals surface area contributed by atoms with Gasteiger partial charge in [-0.3, -0.25) is 4.74 Å². The van der Waals surface area contributed by atoms with Crippen LogP contribution in [0.3, 0.4) is 0 Å². The summed E-state index contributed by atoms with van der Waals surface area (Å²) in [6, 6.07) is 2.29. The van der Waals surface area contributed by atoms with Crippen LogP contribution in [0.15, 0.2) is 30.3 Å². The molecule has 0 bridgehead atoms. The molecule has 0 spiro atoms. The molecule has 0 aliphatic rings. The van der Waals surface area contributed by atoms with E-state index in [4.69, 9.17) is 0 Å². The highest BCUT2D eigenvalue weighted by molar-refractivity contribution is 6.31. The maximum atomic E-state index is 13.8. The Labute approximate surface area is 162 Å². The van der Waals surface area contributed by atoms with Crippen LogP contribution in [0.1, 0.15) is 5.56 Å². The highest BCUT2D eigenvalue weighted by atomic mass is 35.5. The molecule has 0 heterocycles. The van der Waals surface area contributed by atoms with Crippen molar-refractivity contribution in [3.05, 3.63) is 35.9 Å². The third kappa shape index (κ3) is 4.07. The zero-order chi connectivity index (χ0) is 23.3. The van der Waals surface area contributed by atoms with Crippen molar-refractivity contribution >= 4 is 23.2 Å². The molecule has 1 aromatic rings. The summed E-state index contributed by atoms with van der Waals surface area (Å²) in [5.74, 6) is -28.9. The summed E-state index contributed by atoms with van der Waals surface area (Å²) in [6.45, 7) is 0. The molecule has 1 aromatic carbocycles. The van der Waals surface area contributed by atoms with Crippen LogP contribution in [-0.4, -0.2) is 34.6 Å². The zero-order valence-electron chi connectivity index (χ0n) is 13.0. The first kappa shape index (κ1) is 25.9. The summed E-state index contributed by atoms with van der Waals surface area (Å²) in [5.41, 5.74) is -1.99. The van der Waals surface area contributed by atoms with Gasteiger partial charge in [-0.05, 0) is 23.2 Å². The van der Waals surface area contributed by atoms with Crippen LogP contribution in [0.5, 0.6) is 0 Å². The third-order valence-corrected chi connectivity index (χ3v) is 3.93. The molecule has 0 unspecified atom stereocenters. The predicted octanol–water partition coefficient (Wildman–Crippen LogP) is 6.99. The Morgan fingerprint density at radius 3 is 1.38 bits per heavy atom. The van der Waals surface area contributed by atoms with E-state index in [0.717, 1.165) is 6.07 Å². The molecule has 0 saturated heterocycles. The number of halogens is 15. The average molecular weight is 495 g/mol. The van der Waals surface area contributed by atoms with Crippen LogP contribution >= 0.6 is 23.2 Å². The van der Waals surface area contributed by atoms with Gasteiger partial charge in [0.1, 0.15) is 0 Å². The smallest absolute Gasteiger partial charge is 0.258 e. The van der Waals surface area contributed by atoms with Gasteiger partial charge in [-0.1, -0.05) is 30.3 Å². The van der Waals surface area contributed by atoms with Gasteiger partial charge in [-0.2, -0.15) is 57.1 Å². The third-order valence-electron chi connectivity index (χ3n) is 3.27. The second kappa shape index (κ2) is 7.22. The monoisotopic (exact) mass is 494 g/mol. The van der Waals surface area contributed by atoms with Crippen molar-refractivity contribution in [1.82, 2.24) is 0 Å². The number of hydrogen-bond acceptors (Lipinski definition) is 1.